The van der Waals surface area contributed by atoms with E-state index in [1.54, 1.807) is 10.9 Å². The molecule has 0 aliphatic rings. The quantitative estimate of drug-likeness (QED) is 0.668. The predicted molar refractivity (Wildman–Crippen MR) is 43.6 cm³/mol. The summed E-state index contributed by atoms with van der Waals surface area (Å²) in [7, 11) is 0. The molecule has 0 aliphatic carbocycles. The number of hydrogen-bond acceptors (Lipinski definition) is 4. The zero-order valence-corrected chi connectivity index (χ0v) is 6.88. The second kappa shape index (κ2) is 3.36. The molecule has 0 atom stereocenters. The van der Waals surface area contributed by atoms with Crippen molar-refractivity contribution in [3.8, 4) is 0 Å². The second-order valence-corrected chi connectivity index (χ2v) is 2.56. The molecule has 68 valence electrons. The van der Waals surface area contributed by atoms with Gasteiger partial charge in [0, 0.05) is 12.4 Å². The molecule has 2 aromatic rings. The lowest BCUT2D eigenvalue weighted by Gasteiger charge is -1.94. The van der Waals surface area contributed by atoms with Gasteiger partial charge in [-0.2, -0.15) is 10.2 Å². The maximum Gasteiger partial charge on any atom is 0.176 e. The van der Waals surface area contributed by atoms with E-state index in [4.69, 9.17) is 5.11 Å². The van der Waals surface area contributed by atoms with E-state index in [1.165, 1.54) is 0 Å². The summed E-state index contributed by atoms with van der Waals surface area (Å²) in [5, 5.41) is 19.2. The summed E-state index contributed by atoms with van der Waals surface area (Å²) in [6.07, 6.45) is 3.53. The van der Waals surface area contributed by atoms with Gasteiger partial charge in [0.2, 0.25) is 0 Å². The second-order valence-electron chi connectivity index (χ2n) is 2.56. The highest BCUT2D eigenvalue weighted by Crippen LogP contribution is 1.95. The van der Waals surface area contributed by atoms with Crippen LogP contribution in [0.4, 0.5) is 0 Å². The molecule has 2 N–H and O–H groups in total. The van der Waals surface area contributed by atoms with Crippen LogP contribution in [-0.2, 0) is 13.2 Å². The molecule has 0 bridgehead atoms. The van der Waals surface area contributed by atoms with Crippen LogP contribution < -0.4 is 0 Å². The first kappa shape index (κ1) is 7.93. The number of nitrogens with one attached hydrogen (secondary N) is 1. The lowest BCUT2D eigenvalue weighted by atomic mass is 10.6. The fourth-order valence-corrected chi connectivity index (χ4v) is 1.02. The lowest BCUT2D eigenvalue weighted by molar-refractivity contribution is 0.271. The molecule has 0 spiro atoms. The van der Waals surface area contributed by atoms with Gasteiger partial charge in [0.05, 0.1) is 0 Å². The van der Waals surface area contributed by atoms with Crippen LogP contribution in [0.2, 0.25) is 0 Å². The zero-order valence-electron chi connectivity index (χ0n) is 6.88. The van der Waals surface area contributed by atoms with Gasteiger partial charge in [-0.15, -0.1) is 0 Å². The molecule has 2 heterocycles. The van der Waals surface area contributed by atoms with Gasteiger partial charge in [-0.25, -0.2) is 4.98 Å². The summed E-state index contributed by atoms with van der Waals surface area (Å²) in [5.74, 6) is 1.09. The van der Waals surface area contributed by atoms with Gasteiger partial charge in [-0.05, 0) is 6.07 Å². The van der Waals surface area contributed by atoms with Gasteiger partial charge in [0.25, 0.3) is 0 Å². The van der Waals surface area contributed by atoms with Crippen LogP contribution in [0.15, 0.2) is 18.5 Å². The van der Waals surface area contributed by atoms with Crippen LogP contribution >= 0.6 is 0 Å². The Bertz CT molecular complexity index is 366. The Morgan fingerprint density at radius 3 is 3.08 bits per heavy atom. The highest BCUT2D eigenvalue weighted by atomic mass is 16.3. The summed E-state index contributed by atoms with van der Waals surface area (Å²) in [6, 6.07) is 1.84. The fourth-order valence-electron chi connectivity index (χ4n) is 1.02. The molecule has 0 aromatic carbocycles. The van der Waals surface area contributed by atoms with Gasteiger partial charge < -0.3 is 5.11 Å². The molecule has 0 radical (unpaired) electrons. The Labute approximate surface area is 74.2 Å². The minimum Gasteiger partial charge on any atom is -0.388 e. The molecule has 6 nitrogen and oxygen atoms in total. The molecular formula is C7H9N5O. The minimum absolute atomic E-state index is 0.143. The van der Waals surface area contributed by atoms with Crippen LogP contribution in [0.3, 0.4) is 0 Å². The van der Waals surface area contributed by atoms with Crippen molar-refractivity contribution in [1.82, 2.24) is 25.0 Å². The van der Waals surface area contributed by atoms with E-state index in [0.29, 0.717) is 18.2 Å². The fraction of sp³-hybridized carbons (Fsp3) is 0.286. The number of aromatic nitrogens is 5. The molecule has 6 heteroatoms. The lowest BCUT2D eigenvalue weighted by Crippen LogP contribution is -2.01. The van der Waals surface area contributed by atoms with Crippen molar-refractivity contribution in [1.29, 1.82) is 0 Å². The van der Waals surface area contributed by atoms with Gasteiger partial charge in [0.15, 0.2) is 5.82 Å². The third kappa shape index (κ3) is 1.73. The monoisotopic (exact) mass is 179 g/mol. The first-order chi connectivity index (χ1) is 6.38. The minimum atomic E-state index is -0.143. The van der Waals surface area contributed by atoms with Crippen LogP contribution in [0.5, 0.6) is 0 Å². The molecule has 0 fully saturated rings. The Kier molecular flexibility index (Phi) is 2.05. The average molecular weight is 179 g/mol. The van der Waals surface area contributed by atoms with E-state index < -0.39 is 0 Å². The predicted octanol–water partition coefficient (Wildman–Crippen LogP) is -0.458. The van der Waals surface area contributed by atoms with E-state index in [1.807, 2.05) is 12.3 Å². The highest BCUT2D eigenvalue weighted by Gasteiger charge is 2.01. The number of aliphatic hydroxyl groups is 1. The first-order valence-corrected chi connectivity index (χ1v) is 3.87. The average Bonchev–Trinajstić information content (AvgIpc) is 2.76. The van der Waals surface area contributed by atoms with Crippen molar-refractivity contribution in [3.05, 3.63) is 30.1 Å². The molecule has 0 unspecified atom stereocenters. The largest absolute Gasteiger partial charge is 0.388 e. The normalized spacial score (nSPS) is 10.5. The maximum absolute atomic E-state index is 8.71. The van der Waals surface area contributed by atoms with E-state index in [-0.39, 0.29) is 6.61 Å². The van der Waals surface area contributed by atoms with Crippen molar-refractivity contribution < 1.29 is 5.11 Å². The third-order valence-corrected chi connectivity index (χ3v) is 1.59. The Hall–Kier alpha value is -1.69. The summed E-state index contributed by atoms with van der Waals surface area (Å²) in [6.45, 7) is 0.398. The number of hydrogen-bond donors (Lipinski definition) is 2. The molecule has 0 amide bonds. The van der Waals surface area contributed by atoms with Gasteiger partial charge in [0.1, 0.15) is 19.0 Å². The van der Waals surface area contributed by atoms with E-state index in [2.05, 4.69) is 20.3 Å². The van der Waals surface area contributed by atoms with Gasteiger partial charge >= 0.3 is 0 Å². The van der Waals surface area contributed by atoms with Gasteiger partial charge in [-0.3, -0.25) is 9.78 Å². The van der Waals surface area contributed by atoms with Crippen molar-refractivity contribution in [2.75, 3.05) is 0 Å². The van der Waals surface area contributed by atoms with Crippen LogP contribution in [0.25, 0.3) is 0 Å². The molecule has 13 heavy (non-hydrogen) atoms. The number of nitrogens with zero attached hydrogens (tertiary/aromatic N) is 4. The summed E-state index contributed by atoms with van der Waals surface area (Å²) in [5.41, 5.74) is 0. The topological polar surface area (TPSA) is 79.6 Å². The summed E-state index contributed by atoms with van der Waals surface area (Å²) >= 11 is 0. The number of rotatable bonds is 3. The number of aromatic amines is 1. The summed E-state index contributed by atoms with van der Waals surface area (Å²) < 4.78 is 1.72. The Morgan fingerprint density at radius 1 is 1.54 bits per heavy atom. The third-order valence-electron chi connectivity index (χ3n) is 1.59. The van der Waals surface area contributed by atoms with E-state index in [0.717, 1.165) is 0 Å². The Morgan fingerprint density at radius 2 is 2.46 bits per heavy atom. The van der Waals surface area contributed by atoms with Crippen molar-refractivity contribution in [3.63, 3.8) is 0 Å². The van der Waals surface area contributed by atoms with E-state index >= 15 is 0 Å². The van der Waals surface area contributed by atoms with Crippen molar-refractivity contribution in [2.45, 2.75) is 13.2 Å². The van der Waals surface area contributed by atoms with E-state index in [9.17, 15) is 0 Å². The molecule has 0 aliphatic heterocycles. The first-order valence-electron chi connectivity index (χ1n) is 3.87. The maximum atomic E-state index is 8.71. The SMILES string of the molecule is OCc1n[nH]c(Cn2cccn2)n1. The van der Waals surface area contributed by atoms with Crippen LogP contribution in [-0.4, -0.2) is 30.1 Å². The number of aliphatic hydroxyl groups excluding tert-OH is 1. The molecular weight excluding hydrogens is 170 g/mol. The standard InChI is InChI=1S/C7H9N5O/c13-5-7-9-6(10-11-7)4-12-3-1-2-8-12/h1-3,13H,4-5H2,(H,9,10,11). The van der Waals surface area contributed by atoms with Crippen LogP contribution in [0, 0.1) is 0 Å². The zero-order chi connectivity index (χ0) is 9.10. The van der Waals surface area contributed by atoms with Gasteiger partial charge in [-0.1, -0.05) is 0 Å². The molecule has 0 saturated carbocycles. The van der Waals surface area contributed by atoms with Crippen molar-refractivity contribution in [2.24, 2.45) is 0 Å². The smallest absolute Gasteiger partial charge is 0.176 e. The summed E-state index contributed by atoms with van der Waals surface area (Å²) in [4.78, 5) is 4.03. The Balaban J connectivity index is 2.10. The highest BCUT2D eigenvalue weighted by molar-refractivity contribution is 4.90. The van der Waals surface area contributed by atoms with Crippen LogP contribution in [0.1, 0.15) is 11.6 Å². The molecule has 2 aromatic heterocycles. The molecule has 2 rings (SSSR count). The van der Waals surface area contributed by atoms with Crippen molar-refractivity contribution >= 4 is 0 Å². The molecule has 0 saturated heterocycles. The number of H-pyrrole nitrogens is 1.